The average Bonchev–Trinajstić information content (AvgIpc) is 2.67. The predicted octanol–water partition coefficient (Wildman–Crippen LogP) is 1.01. The van der Waals surface area contributed by atoms with Gasteiger partial charge in [-0.05, 0) is 58.4 Å². The van der Waals surface area contributed by atoms with Gasteiger partial charge in [-0.3, -0.25) is 0 Å². The molecule has 2 saturated heterocycles. The van der Waals surface area contributed by atoms with E-state index < -0.39 is 0 Å². The van der Waals surface area contributed by atoms with Crippen LogP contribution in [0.1, 0.15) is 26.2 Å². The quantitative estimate of drug-likeness (QED) is 0.773. The highest BCUT2D eigenvalue weighted by molar-refractivity contribution is 4.86. The van der Waals surface area contributed by atoms with Gasteiger partial charge in [0, 0.05) is 19.1 Å². The average molecular weight is 225 g/mol. The van der Waals surface area contributed by atoms with Crippen molar-refractivity contribution in [2.45, 2.75) is 32.2 Å². The van der Waals surface area contributed by atoms with Crippen molar-refractivity contribution >= 4 is 0 Å². The van der Waals surface area contributed by atoms with Crippen molar-refractivity contribution in [2.24, 2.45) is 5.41 Å². The van der Waals surface area contributed by atoms with E-state index in [-0.39, 0.29) is 0 Å². The number of rotatable bonds is 3. The fraction of sp³-hybridized carbons (Fsp3) is 1.00. The molecule has 1 unspecified atom stereocenters. The summed E-state index contributed by atoms with van der Waals surface area (Å²) in [5.74, 6) is 0. The Bertz CT molecular complexity index is 221. The molecule has 94 valence electrons. The molecule has 0 aromatic rings. The fourth-order valence-corrected chi connectivity index (χ4v) is 2.83. The highest BCUT2D eigenvalue weighted by Crippen LogP contribution is 2.29. The lowest BCUT2D eigenvalue weighted by Crippen LogP contribution is -2.45. The van der Waals surface area contributed by atoms with Crippen molar-refractivity contribution in [3.05, 3.63) is 0 Å². The van der Waals surface area contributed by atoms with Crippen molar-refractivity contribution < 1.29 is 0 Å². The second kappa shape index (κ2) is 5.03. The molecule has 0 radical (unpaired) electrons. The van der Waals surface area contributed by atoms with E-state index in [1.165, 1.54) is 52.0 Å². The zero-order valence-corrected chi connectivity index (χ0v) is 11.1. The van der Waals surface area contributed by atoms with Crippen molar-refractivity contribution in [2.75, 3.05) is 46.8 Å². The molecule has 2 fully saturated rings. The molecule has 0 spiro atoms. The zero-order chi connectivity index (χ0) is 11.6. The number of hydrogen-bond donors (Lipinski definition) is 1. The lowest BCUT2D eigenvalue weighted by molar-refractivity contribution is 0.133. The van der Waals surface area contributed by atoms with E-state index in [4.69, 9.17) is 0 Å². The van der Waals surface area contributed by atoms with E-state index in [2.05, 4.69) is 36.1 Å². The predicted molar refractivity (Wildman–Crippen MR) is 68.7 cm³/mol. The molecule has 0 bridgehead atoms. The summed E-state index contributed by atoms with van der Waals surface area (Å²) in [5, 5.41) is 3.78. The number of likely N-dealkylation sites (tertiary alicyclic amines) is 2. The minimum atomic E-state index is 0.535. The van der Waals surface area contributed by atoms with Gasteiger partial charge in [-0.15, -0.1) is 0 Å². The van der Waals surface area contributed by atoms with Crippen LogP contribution in [0.4, 0.5) is 0 Å². The largest absolute Gasteiger partial charge is 0.312 e. The Kier molecular flexibility index (Phi) is 3.88. The topological polar surface area (TPSA) is 18.5 Å². The number of hydrogen-bond acceptors (Lipinski definition) is 3. The molecule has 1 N–H and O–H groups in total. The Hall–Kier alpha value is -0.120. The maximum Gasteiger partial charge on any atom is 0.0207 e. The summed E-state index contributed by atoms with van der Waals surface area (Å²) >= 11 is 0. The molecule has 0 aromatic carbocycles. The maximum atomic E-state index is 3.78. The smallest absolute Gasteiger partial charge is 0.0207 e. The molecular weight excluding hydrogens is 198 g/mol. The molecule has 0 amide bonds. The van der Waals surface area contributed by atoms with Crippen molar-refractivity contribution in [3.63, 3.8) is 0 Å². The van der Waals surface area contributed by atoms with Crippen LogP contribution in [0.15, 0.2) is 0 Å². The monoisotopic (exact) mass is 225 g/mol. The van der Waals surface area contributed by atoms with Crippen LogP contribution in [0.3, 0.4) is 0 Å². The van der Waals surface area contributed by atoms with Gasteiger partial charge in [0.15, 0.2) is 0 Å². The first kappa shape index (κ1) is 12.3. The third-order valence-corrected chi connectivity index (χ3v) is 4.40. The molecule has 1 atom stereocenters. The lowest BCUT2D eigenvalue weighted by Gasteiger charge is -2.38. The van der Waals surface area contributed by atoms with Gasteiger partial charge in [0.2, 0.25) is 0 Å². The van der Waals surface area contributed by atoms with Gasteiger partial charge in [0.25, 0.3) is 0 Å². The highest BCUT2D eigenvalue weighted by Gasteiger charge is 2.30. The van der Waals surface area contributed by atoms with Gasteiger partial charge >= 0.3 is 0 Å². The van der Waals surface area contributed by atoms with Crippen LogP contribution < -0.4 is 5.32 Å². The van der Waals surface area contributed by atoms with Gasteiger partial charge in [-0.2, -0.15) is 0 Å². The summed E-state index contributed by atoms with van der Waals surface area (Å²) in [6.07, 6.45) is 4.02. The van der Waals surface area contributed by atoms with E-state index in [1.807, 2.05) is 0 Å². The van der Waals surface area contributed by atoms with E-state index >= 15 is 0 Å². The Morgan fingerprint density at radius 2 is 1.81 bits per heavy atom. The van der Waals surface area contributed by atoms with Gasteiger partial charge in [0.05, 0.1) is 0 Å². The Balaban J connectivity index is 1.72. The molecule has 0 aromatic heterocycles. The molecule has 0 saturated carbocycles. The molecule has 2 aliphatic heterocycles. The van der Waals surface area contributed by atoms with Crippen LogP contribution >= 0.6 is 0 Å². The van der Waals surface area contributed by atoms with Gasteiger partial charge in [-0.1, -0.05) is 6.92 Å². The molecular formula is C13H27N3. The first-order valence-corrected chi connectivity index (χ1v) is 6.68. The number of nitrogens with zero attached hydrogens (tertiary/aromatic N) is 2. The first-order chi connectivity index (χ1) is 7.57. The summed E-state index contributed by atoms with van der Waals surface area (Å²) in [7, 11) is 4.46. The van der Waals surface area contributed by atoms with Crippen molar-refractivity contribution in [1.82, 2.24) is 15.1 Å². The first-order valence-electron chi connectivity index (χ1n) is 6.68. The van der Waals surface area contributed by atoms with E-state index in [0.717, 1.165) is 6.04 Å². The number of nitrogens with one attached hydrogen (secondary N) is 1. The SMILES string of the molecule is CN1CCC(C)(CNC2CCN(C)C2)CC1. The van der Waals surface area contributed by atoms with Crippen LogP contribution in [0.5, 0.6) is 0 Å². The van der Waals surface area contributed by atoms with E-state index in [1.54, 1.807) is 0 Å². The molecule has 2 aliphatic rings. The molecule has 3 nitrogen and oxygen atoms in total. The summed E-state index contributed by atoms with van der Waals surface area (Å²) in [6.45, 7) is 8.68. The molecule has 3 heteroatoms. The van der Waals surface area contributed by atoms with E-state index in [0.29, 0.717) is 5.41 Å². The second-order valence-electron chi connectivity index (χ2n) is 6.24. The number of piperidine rings is 1. The summed E-state index contributed by atoms with van der Waals surface area (Å²) in [6, 6.07) is 0.737. The van der Waals surface area contributed by atoms with Gasteiger partial charge in [-0.25, -0.2) is 0 Å². The summed E-state index contributed by atoms with van der Waals surface area (Å²) < 4.78 is 0. The van der Waals surface area contributed by atoms with Crippen LogP contribution in [0.2, 0.25) is 0 Å². The van der Waals surface area contributed by atoms with Crippen molar-refractivity contribution in [3.8, 4) is 0 Å². The van der Waals surface area contributed by atoms with Crippen LogP contribution in [-0.4, -0.2) is 62.7 Å². The Labute approximate surface area is 100 Å². The Morgan fingerprint density at radius 1 is 1.12 bits per heavy atom. The minimum absolute atomic E-state index is 0.535. The van der Waals surface area contributed by atoms with Crippen LogP contribution in [0.25, 0.3) is 0 Å². The fourth-order valence-electron chi connectivity index (χ4n) is 2.83. The molecule has 2 rings (SSSR count). The second-order valence-corrected chi connectivity index (χ2v) is 6.24. The van der Waals surface area contributed by atoms with Crippen LogP contribution in [0, 0.1) is 5.41 Å². The third kappa shape index (κ3) is 3.19. The van der Waals surface area contributed by atoms with Gasteiger partial charge in [0.1, 0.15) is 0 Å². The van der Waals surface area contributed by atoms with Crippen LogP contribution in [-0.2, 0) is 0 Å². The standard InChI is InChI=1S/C13H27N3/c1-13(5-8-15(2)9-6-13)11-14-12-4-7-16(3)10-12/h12,14H,4-11H2,1-3H3. The summed E-state index contributed by atoms with van der Waals surface area (Å²) in [4.78, 5) is 4.87. The Morgan fingerprint density at radius 3 is 2.38 bits per heavy atom. The zero-order valence-electron chi connectivity index (χ0n) is 11.1. The van der Waals surface area contributed by atoms with Crippen molar-refractivity contribution in [1.29, 1.82) is 0 Å². The molecule has 2 heterocycles. The van der Waals surface area contributed by atoms with Gasteiger partial charge < -0.3 is 15.1 Å². The van der Waals surface area contributed by atoms with E-state index in [9.17, 15) is 0 Å². The number of likely N-dealkylation sites (N-methyl/N-ethyl adjacent to an activating group) is 1. The molecule has 0 aliphatic carbocycles. The normalized spacial score (nSPS) is 32.1. The minimum Gasteiger partial charge on any atom is -0.312 e. The highest BCUT2D eigenvalue weighted by atomic mass is 15.2. The molecule has 16 heavy (non-hydrogen) atoms. The maximum absolute atomic E-state index is 3.78. The lowest BCUT2D eigenvalue weighted by atomic mass is 9.80. The summed E-state index contributed by atoms with van der Waals surface area (Å²) in [5.41, 5.74) is 0.535. The third-order valence-electron chi connectivity index (χ3n) is 4.40.